The zero-order chi connectivity index (χ0) is 36.9. The summed E-state index contributed by atoms with van der Waals surface area (Å²) in [6, 6.07) is 49.3. The summed E-state index contributed by atoms with van der Waals surface area (Å²) in [4.78, 5) is 33.8. The molecule has 0 bridgehead atoms. The molecule has 0 heterocycles. The molecule has 6 aromatic rings. The number of hydrogen-bond acceptors (Lipinski definition) is 9. The van der Waals surface area contributed by atoms with Gasteiger partial charge in [-0.1, -0.05) is 182 Å². The van der Waals surface area contributed by atoms with E-state index < -0.39 is 34.7 Å². The Morgan fingerprint density at radius 2 is 0.423 bits per heavy atom. The first-order valence-corrected chi connectivity index (χ1v) is 15.6. The third kappa shape index (κ3) is 9.25. The van der Waals surface area contributed by atoms with E-state index in [1.165, 1.54) is 0 Å². The summed E-state index contributed by atoms with van der Waals surface area (Å²) >= 11 is 0. The normalized spacial score (nSPS) is 10.9. The summed E-state index contributed by atoms with van der Waals surface area (Å²) in [6.07, 6.45) is 0. The molecule has 9 nitrogen and oxygen atoms in total. The van der Waals surface area contributed by atoms with E-state index in [1.54, 1.807) is 182 Å². The molecule has 0 spiro atoms. The van der Waals surface area contributed by atoms with E-state index in [9.17, 15) is 45.0 Å². The number of carbonyl (C=O) groups excluding carboxylic acids is 3. The van der Waals surface area contributed by atoms with E-state index >= 15 is 0 Å². The second kappa shape index (κ2) is 19.0. The monoisotopic (exact) mass is 821 g/mol. The molecule has 0 amide bonds. The largest absolute Gasteiger partial charge is 3.00 e. The third-order valence-corrected chi connectivity index (χ3v) is 8.04. The molecule has 52 heavy (non-hydrogen) atoms. The van der Waals surface area contributed by atoms with Crippen LogP contribution in [0.1, 0.15) is 33.4 Å². The number of carbonyl (C=O) groups is 3. The average Bonchev–Trinajstić information content (AvgIpc) is 3.19. The van der Waals surface area contributed by atoms with Crippen LogP contribution in [0.2, 0.25) is 0 Å². The number of carboxylic acids is 3. The number of aliphatic carboxylic acids is 3. The van der Waals surface area contributed by atoms with Crippen molar-refractivity contribution in [1.82, 2.24) is 0 Å². The molecule has 0 aliphatic heterocycles. The molecule has 6 rings (SSSR count). The molecule has 0 aliphatic rings. The van der Waals surface area contributed by atoms with Gasteiger partial charge in [0, 0.05) is 0 Å². The second-order valence-corrected chi connectivity index (χ2v) is 11.2. The molecular weight excluding hydrogens is 789 g/mol. The Kier molecular flexibility index (Phi) is 15.1. The van der Waals surface area contributed by atoms with E-state index in [0.717, 1.165) is 0 Å². The molecule has 0 unspecified atom stereocenters. The van der Waals surface area contributed by atoms with Gasteiger partial charge in [0.2, 0.25) is 0 Å². The molecule has 259 valence electrons. The standard InChI is InChI=1S/3C14H12O3.Ce/c3*15-13(16)14(17,11-7-3-1-4-8-11)12-9-5-2-6-10-12;/h3*1-10,17H,(H,15,16);/q;;;+3/p-3. The predicted molar refractivity (Wildman–Crippen MR) is 183 cm³/mol. The van der Waals surface area contributed by atoms with Gasteiger partial charge in [0.25, 0.3) is 0 Å². The summed E-state index contributed by atoms with van der Waals surface area (Å²) in [5.41, 5.74) is -4.62. The minimum absolute atomic E-state index is 0. The number of carboxylic acid groups (broad SMARTS) is 3. The van der Waals surface area contributed by atoms with Gasteiger partial charge < -0.3 is 45.0 Å². The van der Waals surface area contributed by atoms with Crippen molar-refractivity contribution in [3.63, 3.8) is 0 Å². The Balaban J connectivity index is 0.000000208. The predicted octanol–water partition coefficient (Wildman–Crippen LogP) is 2.02. The van der Waals surface area contributed by atoms with Gasteiger partial charge in [0.05, 0.1) is 17.9 Å². The van der Waals surface area contributed by atoms with Crippen molar-refractivity contribution in [2.45, 2.75) is 16.8 Å². The molecule has 0 aliphatic carbocycles. The van der Waals surface area contributed by atoms with Crippen molar-refractivity contribution in [2.24, 2.45) is 0 Å². The van der Waals surface area contributed by atoms with Crippen LogP contribution in [0.5, 0.6) is 0 Å². The SMILES string of the molecule is O=C([O-])C(O)(c1ccccc1)c1ccccc1.O=C([O-])C(O)(c1ccccc1)c1ccccc1.O=C([O-])C(O)(c1ccccc1)c1ccccc1.[Ce+3]. The van der Waals surface area contributed by atoms with Crippen LogP contribution < -0.4 is 15.3 Å². The van der Waals surface area contributed by atoms with Gasteiger partial charge >= 0.3 is 41.7 Å². The molecule has 10 heteroatoms. The van der Waals surface area contributed by atoms with Crippen LogP contribution >= 0.6 is 0 Å². The van der Waals surface area contributed by atoms with Crippen LogP contribution in [0.25, 0.3) is 0 Å². The minimum atomic E-state index is -2.11. The Hall–Kier alpha value is -5.01. The van der Waals surface area contributed by atoms with Crippen molar-refractivity contribution in [3.05, 3.63) is 215 Å². The quantitative estimate of drug-likeness (QED) is 0.197. The Morgan fingerprint density at radius 1 is 0.308 bits per heavy atom. The molecule has 6 aromatic carbocycles. The summed E-state index contributed by atoms with van der Waals surface area (Å²) in [6.45, 7) is 0. The number of benzene rings is 6. The van der Waals surface area contributed by atoms with E-state index in [-0.39, 0.29) is 75.1 Å². The van der Waals surface area contributed by atoms with Crippen molar-refractivity contribution in [1.29, 1.82) is 0 Å². The van der Waals surface area contributed by atoms with Crippen LogP contribution in [-0.2, 0) is 31.2 Å². The Labute approximate surface area is 334 Å². The minimum Gasteiger partial charge on any atom is -0.546 e. The molecule has 0 fully saturated rings. The fourth-order valence-corrected chi connectivity index (χ4v) is 5.28. The van der Waals surface area contributed by atoms with E-state index in [4.69, 9.17) is 0 Å². The van der Waals surface area contributed by atoms with Crippen LogP contribution in [0.15, 0.2) is 182 Å². The first-order valence-electron chi connectivity index (χ1n) is 15.6. The molecule has 0 saturated heterocycles. The van der Waals surface area contributed by atoms with E-state index in [2.05, 4.69) is 0 Å². The molecule has 0 aromatic heterocycles. The van der Waals surface area contributed by atoms with Crippen molar-refractivity contribution < 1.29 is 86.8 Å². The van der Waals surface area contributed by atoms with Gasteiger partial charge in [0.15, 0.2) is 16.8 Å². The van der Waals surface area contributed by atoms with Crippen molar-refractivity contribution in [3.8, 4) is 0 Å². The Morgan fingerprint density at radius 3 is 0.519 bits per heavy atom. The summed E-state index contributed by atoms with van der Waals surface area (Å²) < 4.78 is 0. The van der Waals surface area contributed by atoms with Crippen LogP contribution in [0.3, 0.4) is 0 Å². The smallest absolute Gasteiger partial charge is 0.546 e. The van der Waals surface area contributed by atoms with Gasteiger partial charge in [-0.2, -0.15) is 0 Å². The summed E-state index contributed by atoms with van der Waals surface area (Å²) in [5.74, 6) is -4.60. The van der Waals surface area contributed by atoms with Crippen LogP contribution in [0.4, 0.5) is 0 Å². The zero-order valence-electron chi connectivity index (χ0n) is 27.6. The second-order valence-electron chi connectivity index (χ2n) is 11.2. The van der Waals surface area contributed by atoms with Gasteiger partial charge in [-0.05, 0) is 33.4 Å². The van der Waals surface area contributed by atoms with Crippen LogP contribution in [0, 0.1) is 41.7 Å². The molecule has 0 atom stereocenters. The molecule has 3 N–H and O–H groups in total. The maximum absolute atomic E-state index is 11.3. The molecular formula is C42H33CeO9. The molecule has 0 saturated carbocycles. The maximum Gasteiger partial charge on any atom is 3.00 e. The summed E-state index contributed by atoms with van der Waals surface area (Å²) in [7, 11) is 0. The van der Waals surface area contributed by atoms with Gasteiger partial charge in [-0.25, -0.2) is 0 Å². The first-order chi connectivity index (χ1) is 24.5. The zero-order valence-corrected chi connectivity index (χ0v) is 30.8. The number of aliphatic hydroxyl groups is 3. The molecule has 1 radical (unpaired) electrons. The average molecular weight is 822 g/mol. The van der Waals surface area contributed by atoms with E-state index in [1.807, 2.05) is 0 Å². The van der Waals surface area contributed by atoms with Gasteiger partial charge in [-0.3, -0.25) is 0 Å². The fraction of sp³-hybridized carbons (Fsp3) is 0.0714. The first kappa shape index (κ1) is 41.4. The van der Waals surface area contributed by atoms with Crippen molar-refractivity contribution in [2.75, 3.05) is 0 Å². The van der Waals surface area contributed by atoms with Gasteiger partial charge in [0.1, 0.15) is 0 Å². The fourth-order valence-electron chi connectivity index (χ4n) is 5.28. The van der Waals surface area contributed by atoms with Crippen LogP contribution in [-0.4, -0.2) is 33.2 Å². The number of hydrogen-bond donors (Lipinski definition) is 3. The maximum atomic E-state index is 11.3. The van der Waals surface area contributed by atoms with E-state index in [0.29, 0.717) is 0 Å². The summed E-state index contributed by atoms with van der Waals surface area (Å²) in [5, 5.41) is 64.9. The Bertz CT molecular complexity index is 1640. The van der Waals surface area contributed by atoms with Crippen molar-refractivity contribution >= 4 is 17.9 Å². The number of rotatable bonds is 9. The third-order valence-electron chi connectivity index (χ3n) is 8.04. The van der Waals surface area contributed by atoms with Gasteiger partial charge in [-0.15, -0.1) is 0 Å². The topological polar surface area (TPSA) is 181 Å².